The first-order chi connectivity index (χ1) is 37.1. The second kappa shape index (κ2) is 20.1. The van der Waals surface area contributed by atoms with Crippen molar-refractivity contribution in [2.45, 2.75) is 97.8 Å². The van der Waals surface area contributed by atoms with Crippen LogP contribution in [0, 0.1) is 20.8 Å². The Kier molecular flexibility index (Phi) is 13.4. The van der Waals surface area contributed by atoms with Crippen LogP contribution in [0.5, 0.6) is 0 Å². The van der Waals surface area contributed by atoms with Gasteiger partial charge in [-0.25, -0.2) is 0 Å². The van der Waals surface area contributed by atoms with Gasteiger partial charge in [-0.2, -0.15) is 0 Å². The molecule has 380 valence electrons. The van der Waals surface area contributed by atoms with Crippen LogP contribution >= 0.6 is 0 Å². The first kappa shape index (κ1) is 51.1. The summed E-state index contributed by atoms with van der Waals surface area (Å²) < 4.78 is 0. The number of benzene rings is 9. The van der Waals surface area contributed by atoms with E-state index in [1.807, 2.05) is 0 Å². The topological polar surface area (TPSA) is 0 Å². The monoisotopic (exact) mass is 997 g/mol. The van der Waals surface area contributed by atoms with Crippen LogP contribution in [0.2, 0.25) is 0 Å². The van der Waals surface area contributed by atoms with E-state index in [-0.39, 0.29) is 16.2 Å². The number of hydrogen-bond acceptors (Lipinski definition) is 0. The Morgan fingerprint density at radius 3 is 1.65 bits per heavy atom. The highest BCUT2D eigenvalue weighted by atomic mass is 14.5. The summed E-state index contributed by atoms with van der Waals surface area (Å²) in [5.74, 6) is 0. The normalized spacial score (nSPS) is 16.2. The van der Waals surface area contributed by atoms with Gasteiger partial charge in [-0.3, -0.25) is 0 Å². The molecule has 0 saturated carbocycles. The summed E-state index contributed by atoms with van der Waals surface area (Å²) >= 11 is 0. The Morgan fingerprint density at radius 2 is 1.00 bits per heavy atom. The third-order valence-electron chi connectivity index (χ3n) is 17.2. The van der Waals surface area contributed by atoms with Gasteiger partial charge >= 0.3 is 0 Å². The van der Waals surface area contributed by atoms with E-state index in [0.717, 1.165) is 30.4 Å². The fraction of sp³-hybridized carbons (Fsp3) is 0.195. The van der Waals surface area contributed by atoms with E-state index >= 15 is 0 Å². The molecule has 1 atom stereocenters. The molecule has 0 bridgehead atoms. The Balaban J connectivity index is 0.000000135. The summed E-state index contributed by atoms with van der Waals surface area (Å²) in [6.45, 7) is 28.2. The van der Waals surface area contributed by atoms with Crippen molar-refractivity contribution in [2.24, 2.45) is 0 Å². The minimum absolute atomic E-state index is 0.0540. The number of hydrogen-bond donors (Lipinski definition) is 0. The second-order valence-electron chi connectivity index (χ2n) is 23.5. The fourth-order valence-corrected chi connectivity index (χ4v) is 12.8. The van der Waals surface area contributed by atoms with Crippen LogP contribution in [0.25, 0.3) is 55.7 Å². The highest BCUT2D eigenvalue weighted by Gasteiger charge is 2.52. The molecule has 0 heteroatoms. The standard InChI is InChI=1S/C36H30.C27H26.C14H16/c1-23-11-9-17-31-33(23)27-12-5-7-15-29(27)36(31)30-16-8-6-13-28(30)34-26(14-10-18-32(34)36)24-19-21-25(22-20-24)35(2,3)4;1-20-11-15-23(16-12-20)24-17-13-22(14-18-24)19-25-8-4-6-10-27(25)26-9-5-3-7-21(26)2;1-9-6-7-12-10(2)11(3)14(4,5)13(12)8-9/h5-22H,1-4H3;3-4,6-8,10-18H,5,9,19H2,1-2H3;6-8H,2-3H2,1,4-5H3. The maximum atomic E-state index is 4.13. The zero-order valence-corrected chi connectivity index (χ0v) is 46.7. The van der Waals surface area contributed by atoms with Crippen molar-refractivity contribution in [2.75, 3.05) is 0 Å². The highest BCUT2D eigenvalue weighted by molar-refractivity contribution is 6.00. The molecule has 1 unspecified atom stereocenters. The molecule has 9 aromatic carbocycles. The first-order valence-electron chi connectivity index (χ1n) is 27.7. The maximum absolute atomic E-state index is 4.13. The highest BCUT2D eigenvalue weighted by Crippen LogP contribution is 2.64. The lowest BCUT2D eigenvalue weighted by atomic mass is 9.70. The summed E-state index contributed by atoms with van der Waals surface area (Å²) in [4.78, 5) is 0. The zero-order valence-electron chi connectivity index (χ0n) is 46.7. The average Bonchev–Trinajstić information content (AvgIpc) is 3.79. The SMILES string of the molecule is C=C1C(=C)C(C)(C)c2cc(C)ccc21.CC1=C(c2ccccc2Cc2ccc(-c3ccc(C)cc3)cc2)CCC=C1.Cc1cccc2c1-c1ccccc1C21c2ccccc2-c2c(-c3ccc(C(C)(C)C)cc3)cccc21. The molecule has 1 spiro atoms. The molecule has 0 N–H and O–H groups in total. The summed E-state index contributed by atoms with van der Waals surface area (Å²) in [6, 6.07) is 74.4. The maximum Gasteiger partial charge on any atom is 0.0725 e. The van der Waals surface area contributed by atoms with Gasteiger partial charge in [-0.15, -0.1) is 0 Å². The second-order valence-corrected chi connectivity index (χ2v) is 23.5. The van der Waals surface area contributed by atoms with Gasteiger partial charge in [0.25, 0.3) is 0 Å². The van der Waals surface area contributed by atoms with Crippen LogP contribution < -0.4 is 0 Å². The van der Waals surface area contributed by atoms with Crippen LogP contribution in [0.1, 0.15) is 127 Å². The van der Waals surface area contributed by atoms with E-state index in [2.05, 4.69) is 288 Å². The van der Waals surface area contributed by atoms with E-state index in [0.29, 0.717) is 0 Å². The minimum atomic E-state index is -0.286. The third-order valence-corrected chi connectivity index (χ3v) is 17.2. The third kappa shape index (κ3) is 9.02. The molecule has 0 saturated heterocycles. The molecule has 0 fully saturated rings. The molecule has 0 nitrogen and oxygen atoms in total. The molecule has 0 aliphatic heterocycles. The van der Waals surface area contributed by atoms with Crippen molar-refractivity contribution < 1.29 is 0 Å². The quantitative estimate of drug-likeness (QED) is 0.161. The van der Waals surface area contributed by atoms with Gasteiger partial charge in [0, 0.05) is 5.41 Å². The van der Waals surface area contributed by atoms with E-state index < -0.39 is 0 Å². The van der Waals surface area contributed by atoms with Crippen LogP contribution in [0.3, 0.4) is 0 Å². The molecule has 9 aromatic rings. The van der Waals surface area contributed by atoms with E-state index in [4.69, 9.17) is 0 Å². The van der Waals surface area contributed by atoms with Gasteiger partial charge in [-0.1, -0.05) is 271 Å². The van der Waals surface area contributed by atoms with E-state index in [1.54, 1.807) is 0 Å². The van der Waals surface area contributed by atoms with Gasteiger partial charge in [-0.05, 0) is 180 Å². The zero-order chi connectivity index (χ0) is 53.8. The molecular weight excluding hydrogens is 925 g/mol. The molecule has 4 aliphatic carbocycles. The van der Waals surface area contributed by atoms with Gasteiger partial charge in [0.1, 0.15) is 0 Å². The lowest BCUT2D eigenvalue weighted by molar-refractivity contribution is 0.590. The summed E-state index contributed by atoms with van der Waals surface area (Å²) in [6.07, 6.45) is 7.82. The van der Waals surface area contributed by atoms with E-state index in [1.165, 1.54) is 128 Å². The predicted octanol–water partition coefficient (Wildman–Crippen LogP) is 20.5. The first-order valence-corrected chi connectivity index (χ1v) is 27.7. The number of aryl methyl sites for hydroxylation is 3. The smallest absolute Gasteiger partial charge is 0.0725 e. The van der Waals surface area contributed by atoms with Crippen LogP contribution in [-0.4, -0.2) is 0 Å². The van der Waals surface area contributed by atoms with Gasteiger partial charge in [0.05, 0.1) is 5.41 Å². The number of rotatable bonds is 5. The van der Waals surface area contributed by atoms with Crippen molar-refractivity contribution in [3.05, 3.63) is 309 Å². The summed E-state index contributed by atoms with van der Waals surface area (Å²) in [5, 5.41) is 0. The molecule has 0 heterocycles. The molecule has 4 aliphatic rings. The van der Waals surface area contributed by atoms with Gasteiger partial charge in [0.15, 0.2) is 0 Å². The molecule has 0 aromatic heterocycles. The Morgan fingerprint density at radius 1 is 0.468 bits per heavy atom. The molecule has 0 amide bonds. The molecule has 77 heavy (non-hydrogen) atoms. The van der Waals surface area contributed by atoms with Crippen molar-refractivity contribution in [3.63, 3.8) is 0 Å². The lowest BCUT2D eigenvalue weighted by Crippen LogP contribution is -2.25. The van der Waals surface area contributed by atoms with Crippen molar-refractivity contribution >= 4 is 11.1 Å². The Hall–Kier alpha value is -8.06. The average molecular weight is 997 g/mol. The van der Waals surface area contributed by atoms with Crippen molar-refractivity contribution in [3.8, 4) is 44.5 Å². The fourth-order valence-electron chi connectivity index (χ4n) is 12.8. The predicted molar refractivity (Wildman–Crippen MR) is 331 cm³/mol. The Labute approximate surface area is 460 Å². The molecule has 0 radical (unpaired) electrons. The lowest BCUT2D eigenvalue weighted by Gasteiger charge is -2.30. The summed E-state index contributed by atoms with van der Waals surface area (Å²) in [5.41, 5.74) is 33.5. The van der Waals surface area contributed by atoms with Gasteiger partial charge < -0.3 is 0 Å². The Bertz CT molecular complexity index is 3820. The van der Waals surface area contributed by atoms with Gasteiger partial charge in [0.2, 0.25) is 0 Å². The van der Waals surface area contributed by atoms with Crippen molar-refractivity contribution in [1.82, 2.24) is 0 Å². The molecular formula is C77H72. The number of fused-ring (bicyclic) bond motifs is 11. The largest absolute Gasteiger partial charge is 0.0943 e. The van der Waals surface area contributed by atoms with Crippen LogP contribution in [0.4, 0.5) is 0 Å². The van der Waals surface area contributed by atoms with Crippen LogP contribution in [-0.2, 0) is 22.7 Å². The minimum Gasteiger partial charge on any atom is -0.0943 e. The van der Waals surface area contributed by atoms with Crippen molar-refractivity contribution in [1.29, 1.82) is 0 Å². The summed E-state index contributed by atoms with van der Waals surface area (Å²) in [7, 11) is 0. The van der Waals surface area contributed by atoms with Crippen LogP contribution in [0.15, 0.2) is 237 Å². The molecule has 13 rings (SSSR count). The van der Waals surface area contributed by atoms with E-state index in [9.17, 15) is 0 Å². The number of allylic oxidation sites excluding steroid dienone is 6.